The summed E-state index contributed by atoms with van der Waals surface area (Å²) in [6, 6.07) is 15.5. The molecule has 0 radical (unpaired) electrons. The molecule has 7 nitrogen and oxygen atoms in total. The molecule has 0 aliphatic rings. The van der Waals surface area contributed by atoms with Crippen molar-refractivity contribution in [3.63, 3.8) is 0 Å². The zero-order valence-corrected chi connectivity index (χ0v) is 18.7. The summed E-state index contributed by atoms with van der Waals surface area (Å²) in [7, 11) is 0. The summed E-state index contributed by atoms with van der Waals surface area (Å²) in [4.78, 5) is 25.0. The lowest BCUT2D eigenvalue weighted by Gasteiger charge is -2.12. The van der Waals surface area contributed by atoms with Crippen molar-refractivity contribution in [2.75, 3.05) is 6.61 Å². The monoisotopic (exact) mass is 444 g/mol. The van der Waals surface area contributed by atoms with E-state index in [0.29, 0.717) is 29.2 Å². The van der Waals surface area contributed by atoms with Crippen LogP contribution in [0.25, 0.3) is 6.08 Å². The molecule has 0 bridgehead atoms. The summed E-state index contributed by atoms with van der Waals surface area (Å²) in [5.74, 6) is 0.124. The second kappa shape index (κ2) is 10.8. The second-order valence-electron chi connectivity index (χ2n) is 7.26. The van der Waals surface area contributed by atoms with Crippen LogP contribution >= 0.6 is 0 Å². The number of carbonyl (C=O) groups excluding carboxylic acids is 2. The molecule has 0 saturated heterocycles. The van der Waals surface area contributed by atoms with Crippen molar-refractivity contribution in [1.29, 1.82) is 5.26 Å². The molecule has 2 aromatic carbocycles. The predicted molar refractivity (Wildman–Crippen MR) is 123 cm³/mol. The van der Waals surface area contributed by atoms with Gasteiger partial charge in [0.25, 0.3) is 5.91 Å². The first-order valence-corrected chi connectivity index (χ1v) is 10.4. The molecular formula is C26H24N2O5. The van der Waals surface area contributed by atoms with Crippen LogP contribution < -0.4 is 14.8 Å². The Morgan fingerprint density at radius 3 is 2.58 bits per heavy atom. The standard InChI is InChI=1S/C26H24N2O5/c1-4-31-24-14-19(13-21(15-27)25(29)28-16-22-6-5-11-32-22)8-10-23(24)33-26(30)20-9-7-17(2)18(3)12-20/h5-14H,4,16H2,1-3H3,(H,28,29)/b21-13+. The second-order valence-corrected chi connectivity index (χ2v) is 7.26. The molecule has 0 saturated carbocycles. The van der Waals surface area contributed by atoms with Crippen LogP contribution in [0.2, 0.25) is 0 Å². The molecule has 168 valence electrons. The van der Waals surface area contributed by atoms with Gasteiger partial charge in [0.15, 0.2) is 11.5 Å². The van der Waals surface area contributed by atoms with Gasteiger partial charge in [-0.25, -0.2) is 4.79 Å². The number of rotatable bonds is 8. The Balaban J connectivity index is 1.78. The van der Waals surface area contributed by atoms with E-state index in [1.54, 1.807) is 49.4 Å². The maximum absolute atomic E-state index is 12.6. The smallest absolute Gasteiger partial charge is 0.343 e. The van der Waals surface area contributed by atoms with Gasteiger partial charge in [0.05, 0.1) is 25.0 Å². The van der Waals surface area contributed by atoms with Gasteiger partial charge < -0.3 is 19.2 Å². The lowest BCUT2D eigenvalue weighted by atomic mass is 10.1. The van der Waals surface area contributed by atoms with Crippen LogP contribution in [-0.2, 0) is 11.3 Å². The van der Waals surface area contributed by atoms with Crippen LogP contribution in [0.1, 0.15) is 39.7 Å². The summed E-state index contributed by atoms with van der Waals surface area (Å²) >= 11 is 0. The van der Waals surface area contributed by atoms with Gasteiger partial charge in [-0.3, -0.25) is 4.79 Å². The summed E-state index contributed by atoms with van der Waals surface area (Å²) in [5, 5.41) is 12.1. The Labute approximate surface area is 192 Å². The maximum atomic E-state index is 12.6. The zero-order chi connectivity index (χ0) is 23.8. The number of carbonyl (C=O) groups is 2. The normalized spacial score (nSPS) is 10.9. The van der Waals surface area contributed by atoms with Crippen molar-refractivity contribution in [3.05, 3.63) is 88.4 Å². The summed E-state index contributed by atoms with van der Waals surface area (Å²) < 4.78 is 16.4. The molecule has 3 rings (SSSR count). The maximum Gasteiger partial charge on any atom is 0.343 e. The largest absolute Gasteiger partial charge is 0.490 e. The Morgan fingerprint density at radius 2 is 1.91 bits per heavy atom. The number of ether oxygens (including phenoxy) is 2. The van der Waals surface area contributed by atoms with Gasteiger partial charge >= 0.3 is 5.97 Å². The third-order valence-electron chi connectivity index (χ3n) is 4.89. The average Bonchev–Trinajstić information content (AvgIpc) is 3.33. The van der Waals surface area contributed by atoms with Crippen molar-refractivity contribution in [2.45, 2.75) is 27.3 Å². The third kappa shape index (κ3) is 6.11. The minimum atomic E-state index is -0.530. The molecule has 1 amide bonds. The number of amides is 1. The minimum absolute atomic E-state index is 0.0797. The number of furan rings is 1. The fourth-order valence-corrected chi connectivity index (χ4v) is 2.99. The topological polar surface area (TPSA) is 102 Å². The first-order chi connectivity index (χ1) is 15.9. The van der Waals surface area contributed by atoms with Gasteiger partial charge in [-0.15, -0.1) is 0 Å². The number of benzene rings is 2. The number of aryl methyl sites for hydroxylation is 2. The summed E-state index contributed by atoms with van der Waals surface area (Å²) in [5.41, 5.74) is 2.98. The summed E-state index contributed by atoms with van der Waals surface area (Å²) in [6.07, 6.45) is 2.95. The molecule has 7 heteroatoms. The summed E-state index contributed by atoms with van der Waals surface area (Å²) in [6.45, 7) is 6.21. The quantitative estimate of drug-likeness (QED) is 0.233. The lowest BCUT2D eigenvalue weighted by molar-refractivity contribution is -0.117. The molecule has 0 fully saturated rings. The third-order valence-corrected chi connectivity index (χ3v) is 4.89. The predicted octanol–water partition coefficient (Wildman–Crippen LogP) is 4.74. The van der Waals surface area contributed by atoms with Gasteiger partial charge in [0.1, 0.15) is 17.4 Å². The Bertz CT molecular complexity index is 1220. The highest BCUT2D eigenvalue weighted by atomic mass is 16.6. The molecule has 0 aliphatic carbocycles. The van der Waals surface area contributed by atoms with Crippen LogP contribution in [0, 0.1) is 25.2 Å². The van der Waals surface area contributed by atoms with Crippen molar-refractivity contribution < 1.29 is 23.5 Å². The number of hydrogen-bond acceptors (Lipinski definition) is 6. The van der Waals surface area contributed by atoms with Crippen LogP contribution in [-0.4, -0.2) is 18.5 Å². The highest BCUT2D eigenvalue weighted by molar-refractivity contribution is 6.01. The Hall–Kier alpha value is -4.31. The van der Waals surface area contributed by atoms with E-state index in [1.807, 2.05) is 26.0 Å². The highest BCUT2D eigenvalue weighted by Crippen LogP contribution is 2.30. The average molecular weight is 444 g/mol. The number of nitriles is 1. The molecule has 1 heterocycles. The van der Waals surface area contributed by atoms with Crippen LogP contribution in [0.15, 0.2) is 64.8 Å². The van der Waals surface area contributed by atoms with Gasteiger partial charge in [-0.2, -0.15) is 5.26 Å². The zero-order valence-electron chi connectivity index (χ0n) is 18.7. The molecule has 33 heavy (non-hydrogen) atoms. The van der Waals surface area contributed by atoms with E-state index in [0.717, 1.165) is 11.1 Å². The number of esters is 1. The first kappa shape index (κ1) is 23.4. The van der Waals surface area contributed by atoms with Gasteiger partial charge in [0.2, 0.25) is 0 Å². The fourth-order valence-electron chi connectivity index (χ4n) is 2.99. The number of nitrogens with zero attached hydrogens (tertiary/aromatic N) is 1. The van der Waals surface area contributed by atoms with E-state index in [4.69, 9.17) is 13.9 Å². The molecule has 0 aliphatic heterocycles. The highest BCUT2D eigenvalue weighted by Gasteiger charge is 2.15. The van der Waals surface area contributed by atoms with E-state index in [-0.39, 0.29) is 17.9 Å². The number of nitrogens with one attached hydrogen (secondary N) is 1. The van der Waals surface area contributed by atoms with E-state index >= 15 is 0 Å². The SMILES string of the molecule is CCOc1cc(/C=C(\C#N)C(=O)NCc2ccco2)ccc1OC(=O)c1ccc(C)c(C)c1. The van der Waals surface area contributed by atoms with Crippen molar-refractivity contribution >= 4 is 18.0 Å². The Kier molecular flexibility index (Phi) is 7.66. The van der Waals surface area contributed by atoms with Gasteiger partial charge in [0, 0.05) is 0 Å². The van der Waals surface area contributed by atoms with E-state index in [9.17, 15) is 14.9 Å². The van der Waals surface area contributed by atoms with Crippen molar-refractivity contribution in [3.8, 4) is 17.6 Å². The first-order valence-electron chi connectivity index (χ1n) is 10.4. The van der Waals surface area contributed by atoms with Crippen LogP contribution in [0.5, 0.6) is 11.5 Å². The molecule has 3 aromatic rings. The van der Waals surface area contributed by atoms with Gasteiger partial charge in [-0.1, -0.05) is 12.1 Å². The molecular weight excluding hydrogens is 420 g/mol. The van der Waals surface area contributed by atoms with Gasteiger partial charge in [-0.05, 0) is 79.9 Å². The van der Waals surface area contributed by atoms with Crippen LogP contribution in [0.3, 0.4) is 0 Å². The lowest BCUT2D eigenvalue weighted by Crippen LogP contribution is -2.23. The van der Waals surface area contributed by atoms with Crippen LogP contribution in [0.4, 0.5) is 0 Å². The Morgan fingerprint density at radius 1 is 1.09 bits per heavy atom. The van der Waals surface area contributed by atoms with Crippen molar-refractivity contribution in [1.82, 2.24) is 5.32 Å². The van der Waals surface area contributed by atoms with E-state index < -0.39 is 11.9 Å². The molecule has 0 unspecified atom stereocenters. The molecule has 0 spiro atoms. The van der Waals surface area contributed by atoms with E-state index in [2.05, 4.69) is 5.32 Å². The minimum Gasteiger partial charge on any atom is -0.490 e. The fraction of sp³-hybridized carbons (Fsp3) is 0.192. The molecule has 1 N–H and O–H groups in total. The number of hydrogen-bond donors (Lipinski definition) is 1. The molecule has 0 atom stereocenters. The molecule has 1 aromatic heterocycles. The van der Waals surface area contributed by atoms with E-state index in [1.165, 1.54) is 12.3 Å². The van der Waals surface area contributed by atoms with Crippen molar-refractivity contribution in [2.24, 2.45) is 0 Å².